The fourth-order valence-electron chi connectivity index (χ4n) is 4.26. The van der Waals surface area contributed by atoms with Crippen LogP contribution in [0.5, 0.6) is 0 Å². The Morgan fingerprint density at radius 1 is 1.18 bits per heavy atom. The van der Waals surface area contributed by atoms with Crippen molar-refractivity contribution in [3.05, 3.63) is 57.5 Å². The number of hydrogen-bond acceptors (Lipinski definition) is 5. The lowest BCUT2D eigenvalue weighted by atomic mass is 10.1. The van der Waals surface area contributed by atoms with Gasteiger partial charge in [0.1, 0.15) is 5.52 Å². The Morgan fingerprint density at radius 3 is 2.56 bits per heavy atom. The molecule has 0 unspecified atom stereocenters. The fourth-order valence-corrected chi connectivity index (χ4v) is 4.83. The van der Waals surface area contributed by atoms with E-state index in [1.165, 1.54) is 32.4 Å². The summed E-state index contributed by atoms with van der Waals surface area (Å²) in [6, 6.07) is 5.33. The molecule has 2 aromatic heterocycles. The lowest BCUT2D eigenvalue weighted by molar-refractivity contribution is -0.117. The normalized spacial score (nSPS) is 17.1. The Hall–Kier alpha value is -2.48. The zero-order chi connectivity index (χ0) is 24.1. The highest BCUT2D eigenvalue weighted by Gasteiger charge is 2.20. The lowest BCUT2D eigenvalue weighted by Crippen LogP contribution is -2.27. The van der Waals surface area contributed by atoms with Crippen molar-refractivity contribution in [3.63, 3.8) is 0 Å². The Balaban J connectivity index is 0.000000398. The number of benzene rings is 1. The number of amides is 1. The van der Waals surface area contributed by atoms with Crippen LogP contribution in [0.1, 0.15) is 55.6 Å². The van der Waals surface area contributed by atoms with Crippen molar-refractivity contribution in [3.8, 4) is 0 Å². The van der Waals surface area contributed by atoms with E-state index in [9.17, 15) is 4.79 Å². The molecule has 7 nitrogen and oxygen atoms in total. The van der Waals surface area contributed by atoms with Crippen LogP contribution >= 0.6 is 23.2 Å². The predicted molar refractivity (Wildman–Crippen MR) is 137 cm³/mol. The number of rotatable bonds is 4. The zero-order valence-corrected chi connectivity index (χ0v) is 21.1. The third kappa shape index (κ3) is 5.59. The number of nitrogens with one attached hydrogen (secondary N) is 1. The van der Waals surface area contributed by atoms with Gasteiger partial charge in [0, 0.05) is 23.1 Å². The van der Waals surface area contributed by atoms with Gasteiger partial charge in [0.2, 0.25) is 6.41 Å². The molecule has 9 heteroatoms. The standard InChI is InChI=1S/C20H19Cl2N5O.C5H11N/c1-12-19-20(24-18(10-23-19)14-5-7-26(11-28)8-6-14)27(25-12)13(2)16-4-3-15(21)9-17(16)22;1-2-4-6-5-3-1/h3-5,9-11,13H,6-8H2,1-2H3;6H,1-5H2/t13-;/m1./s1. The van der Waals surface area contributed by atoms with Gasteiger partial charge in [-0.15, -0.1) is 0 Å². The molecule has 2 aliphatic heterocycles. The molecule has 0 spiro atoms. The summed E-state index contributed by atoms with van der Waals surface area (Å²) in [6.45, 7) is 7.72. The summed E-state index contributed by atoms with van der Waals surface area (Å²) < 4.78 is 1.86. The highest BCUT2D eigenvalue weighted by atomic mass is 35.5. The number of halogens is 2. The number of nitrogens with zero attached hydrogens (tertiary/aromatic N) is 5. The molecular weight excluding hydrogens is 471 g/mol. The molecule has 180 valence electrons. The second kappa shape index (κ2) is 11.3. The summed E-state index contributed by atoms with van der Waals surface area (Å²) in [6.07, 6.45) is 9.65. The summed E-state index contributed by atoms with van der Waals surface area (Å²) in [7, 11) is 0. The van der Waals surface area contributed by atoms with Crippen LogP contribution in [0.2, 0.25) is 10.0 Å². The van der Waals surface area contributed by atoms with E-state index >= 15 is 0 Å². The number of hydrogen-bond donors (Lipinski definition) is 1. The van der Waals surface area contributed by atoms with Gasteiger partial charge in [-0.1, -0.05) is 41.8 Å². The van der Waals surface area contributed by atoms with Gasteiger partial charge in [-0.2, -0.15) is 5.10 Å². The van der Waals surface area contributed by atoms with Crippen LogP contribution in [0.25, 0.3) is 16.7 Å². The van der Waals surface area contributed by atoms with E-state index in [2.05, 4.69) is 15.4 Å². The van der Waals surface area contributed by atoms with Gasteiger partial charge >= 0.3 is 0 Å². The number of carbonyl (C=O) groups excluding carboxylic acids is 1. The summed E-state index contributed by atoms with van der Waals surface area (Å²) in [5, 5.41) is 9.14. The third-order valence-electron chi connectivity index (χ3n) is 6.28. The van der Waals surface area contributed by atoms with E-state index in [1.807, 2.05) is 36.7 Å². The SMILES string of the molecule is C1CCNCC1.Cc1nn([C@H](C)c2ccc(Cl)cc2Cl)c2nc(C3=CCN(C=O)CC3)cnc12. The van der Waals surface area contributed by atoms with Crippen LogP contribution in [-0.2, 0) is 4.79 Å². The summed E-state index contributed by atoms with van der Waals surface area (Å²) in [5.74, 6) is 0. The zero-order valence-electron chi connectivity index (χ0n) is 19.6. The minimum absolute atomic E-state index is 0.128. The van der Waals surface area contributed by atoms with Gasteiger partial charge in [0.15, 0.2) is 5.65 Å². The van der Waals surface area contributed by atoms with E-state index in [4.69, 9.17) is 28.2 Å². The molecule has 0 radical (unpaired) electrons. The van der Waals surface area contributed by atoms with E-state index in [0.717, 1.165) is 40.9 Å². The van der Waals surface area contributed by atoms with Crippen LogP contribution in [0.4, 0.5) is 0 Å². The molecule has 34 heavy (non-hydrogen) atoms. The number of carbonyl (C=O) groups is 1. The Morgan fingerprint density at radius 2 is 1.97 bits per heavy atom. The smallest absolute Gasteiger partial charge is 0.209 e. The highest BCUT2D eigenvalue weighted by Crippen LogP contribution is 2.31. The molecule has 0 bridgehead atoms. The molecule has 1 fully saturated rings. The molecule has 1 atom stereocenters. The van der Waals surface area contributed by atoms with Crippen LogP contribution in [0, 0.1) is 6.92 Å². The quantitative estimate of drug-likeness (QED) is 0.506. The number of aryl methyl sites for hydroxylation is 1. The summed E-state index contributed by atoms with van der Waals surface area (Å²) in [5.41, 5.74) is 5.12. The molecule has 0 aliphatic carbocycles. The second-order valence-electron chi connectivity index (χ2n) is 8.69. The first-order valence-electron chi connectivity index (χ1n) is 11.7. The first kappa shape index (κ1) is 24.6. The fraction of sp³-hybridized carbons (Fsp3) is 0.440. The highest BCUT2D eigenvalue weighted by molar-refractivity contribution is 6.35. The first-order chi connectivity index (χ1) is 16.5. The van der Waals surface area contributed by atoms with Gasteiger partial charge in [-0.05, 0) is 69.5 Å². The summed E-state index contributed by atoms with van der Waals surface area (Å²) in [4.78, 5) is 22.1. The van der Waals surface area contributed by atoms with E-state index < -0.39 is 0 Å². The predicted octanol–water partition coefficient (Wildman–Crippen LogP) is 5.06. The van der Waals surface area contributed by atoms with Gasteiger partial charge in [0.05, 0.1) is 23.6 Å². The van der Waals surface area contributed by atoms with Crippen LogP contribution < -0.4 is 5.32 Å². The van der Waals surface area contributed by atoms with Crippen molar-refractivity contribution in [2.24, 2.45) is 0 Å². The minimum Gasteiger partial charge on any atom is -0.341 e. The number of fused-ring (bicyclic) bond motifs is 1. The Kier molecular flexibility index (Phi) is 8.19. The molecule has 4 heterocycles. The third-order valence-corrected chi connectivity index (χ3v) is 6.84. The van der Waals surface area contributed by atoms with Crippen LogP contribution in [-0.4, -0.2) is 57.2 Å². The van der Waals surface area contributed by atoms with Crippen molar-refractivity contribution < 1.29 is 4.79 Å². The van der Waals surface area contributed by atoms with Crippen molar-refractivity contribution in [2.75, 3.05) is 26.2 Å². The van der Waals surface area contributed by atoms with Crippen molar-refractivity contribution >= 4 is 46.3 Å². The largest absolute Gasteiger partial charge is 0.341 e. The average molecular weight is 501 g/mol. The molecule has 3 aromatic rings. The number of aromatic nitrogens is 4. The van der Waals surface area contributed by atoms with E-state index in [0.29, 0.717) is 28.8 Å². The average Bonchev–Trinajstić information content (AvgIpc) is 3.21. The summed E-state index contributed by atoms with van der Waals surface area (Å²) >= 11 is 12.4. The van der Waals surface area contributed by atoms with Crippen molar-refractivity contribution in [1.29, 1.82) is 0 Å². The van der Waals surface area contributed by atoms with Crippen molar-refractivity contribution in [1.82, 2.24) is 30.0 Å². The van der Waals surface area contributed by atoms with E-state index in [1.54, 1.807) is 17.2 Å². The van der Waals surface area contributed by atoms with Crippen LogP contribution in [0.3, 0.4) is 0 Å². The topological polar surface area (TPSA) is 75.9 Å². The molecule has 5 rings (SSSR count). The maximum atomic E-state index is 10.9. The van der Waals surface area contributed by atoms with E-state index in [-0.39, 0.29) is 6.04 Å². The lowest BCUT2D eigenvalue weighted by Gasteiger charge is -2.22. The van der Waals surface area contributed by atoms with Gasteiger partial charge in [0.25, 0.3) is 0 Å². The maximum absolute atomic E-state index is 10.9. The van der Waals surface area contributed by atoms with Gasteiger partial charge < -0.3 is 10.2 Å². The Bertz CT molecular complexity index is 1180. The molecule has 0 saturated carbocycles. The van der Waals surface area contributed by atoms with Crippen molar-refractivity contribution in [2.45, 2.75) is 45.6 Å². The first-order valence-corrected chi connectivity index (χ1v) is 12.5. The molecule has 1 saturated heterocycles. The molecule has 2 aliphatic rings. The van der Waals surface area contributed by atoms with Gasteiger partial charge in [-0.25, -0.2) is 14.6 Å². The molecule has 1 aromatic carbocycles. The second-order valence-corrected chi connectivity index (χ2v) is 9.53. The molecule has 1 amide bonds. The minimum atomic E-state index is -0.128. The maximum Gasteiger partial charge on any atom is 0.209 e. The van der Waals surface area contributed by atoms with Gasteiger partial charge in [-0.3, -0.25) is 4.79 Å². The number of piperidine rings is 1. The molecular formula is C25H30Cl2N6O. The molecule has 1 N–H and O–H groups in total. The van der Waals surface area contributed by atoms with Crippen LogP contribution in [0.15, 0.2) is 30.5 Å². The monoisotopic (exact) mass is 500 g/mol. The Labute approximate surface area is 210 Å².